The standard InChI is InChI=1S/C26H32F3N3O3S2.C2HF3O2/c27-26(28,29)23(33)18-36-13-4-7-22(31-24(34)15-20-10-14-37-17-20)25(35)30-21-8-11-32(12-9-21)16-19-5-2-1-3-6-19;3-2(4,5)1(6)7/h1-3,5-6,10,14,17,21-22H,4,7-9,11-13,15-16,18H2,(H,30,35)(H,31,34);(H,6,7)/t22-;/m0./s1. The van der Waals surface area contributed by atoms with Crippen molar-refractivity contribution in [3.63, 3.8) is 0 Å². The van der Waals surface area contributed by atoms with Crippen LogP contribution in [0.15, 0.2) is 47.2 Å². The Kier molecular flexibility index (Phi) is 15.2. The summed E-state index contributed by atoms with van der Waals surface area (Å²) in [6, 6.07) is 11.3. The molecule has 0 bridgehead atoms. The van der Waals surface area contributed by atoms with Crippen molar-refractivity contribution in [3.05, 3.63) is 58.3 Å². The fourth-order valence-corrected chi connectivity index (χ4v) is 5.64. The first-order valence-corrected chi connectivity index (χ1v) is 15.6. The highest BCUT2D eigenvalue weighted by Gasteiger charge is 2.38. The minimum absolute atomic E-state index is 0.00502. The molecule has 2 amide bonds. The van der Waals surface area contributed by atoms with Gasteiger partial charge in [0.25, 0.3) is 0 Å². The fraction of sp³-hybridized carbons (Fsp3) is 0.500. The Hall–Kier alpha value is -3.11. The summed E-state index contributed by atoms with van der Waals surface area (Å²) in [4.78, 5) is 47.9. The minimum Gasteiger partial charge on any atom is -0.475 e. The number of nitrogens with zero attached hydrogens (tertiary/aromatic N) is 1. The molecule has 1 aliphatic heterocycles. The lowest BCUT2D eigenvalue weighted by molar-refractivity contribution is -0.192. The van der Waals surface area contributed by atoms with Crippen LogP contribution in [0.3, 0.4) is 0 Å². The van der Waals surface area contributed by atoms with Gasteiger partial charge in [-0.15, -0.1) is 0 Å². The zero-order chi connectivity index (χ0) is 32.8. The molecule has 16 heteroatoms. The van der Waals surface area contributed by atoms with Crippen LogP contribution in [-0.2, 0) is 32.1 Å². The van der Waals surface area contributed by atoms with Crippen molar-refractivity contribution in [2.75, 3.05) is 24.6 Å². The third-order valence-corrected chi connectivity index (χ3v) is 8.13. The van der Waals surface area contributed by atoms with E-state index in [0.29, 0.717) is 6.42 Å². The van der Waals surface area contributed by atoms with E-state index in [1.54, 1.807) is 0 Å². The summed E-state index contributed by atoms with van der Waals surface area (Å²) in [7, 11) is 0. The molecule has 1 aliphatic rings. The Morgan fingerprint density at radius 2 is 1.61 bits per heavy atom. The maximum atomic E-state index is 13.1. The summed E-state index contributed by atoms with van der Waals surface area (Å²) in [6.07, 6.45) is -7.50. The van der Waals surface area contributed by atoms with E-state index in [-0.39, 0.29) is 36.5 Å². The molecule has 1 aromatic carbocycles. The number of hydrogen-bond donors (Lipinski definition) is 3. The highest BCUT2D eigenvalue weighted by Crippen LogP contribution is 2.20. The van der Waals surface area contributed by atoms with E-state index in [2.05, 4.69) is 27.7 Å². The Labute approximate surface area is 258 Å². The molecular formula is C28H33F6N3O5S2. The molecule has 44 heavy (non-hydrogen) atoms. The van der Waals surface area contributed by atoms with Gasteiger partial charge in [0.05, 0.1) is 12.2 Å². The second-order valence-electron chi connectivity index (χ2n) is 9.89. The maximum Gasteiger partial charge on any atom is 0.490 e. The van der Waals surface area contributed by atoms with E-state index in [0.717, 1.165) is 49.8 Å². The number of alkyl halides is 6. The first kappa shape index (κ1) is 37.1. The van der Waals surface area contributed by atoms with Crippen LogP contribution in [0.2, 0.25) is 0 Å². The molecule has 1 aromatic heterocycles. The van der Waals surface area contributed by atoms with E-state index in [9.17, 15) is 40.7 Å². The molecule has 3 N–H and O–H groups in total. The molecule has 3 rings (SSSR count). The number of likely N-dealkylation sites (tertiary alicyclic amines) is 1. The van der Waals surface area contributed by atoms with Gasteiger partial charge in [-0.3, -0.25) is 19.3 Å². The lowest BCUT2D eigenvalue weighted by Gasteiger charge is -2.33. The number of thioether (sulfide) groups is 1. The summed E-state index contributed by atoms with van der Waals surface area (Å²) in [5, 5.41) is 16.7. The molecule has 1 saturated heterocycles. The van der Waals surface area contributed by atoms with E-state index in [1.165, 1.54) is 16.9 Å². The zero-order valence-corrected chi connectivity index (χ0v) is 25.1. The van der Waals surface area contributed by atoms with Gasteiger partial charge in [-0.05, 0) is 59.4 Å². The van der Waals surface area contributed by atoms with Crippen LogP contribution in [0.1, 0.15) is 36.8 Å². The maximum absolute atomic E-state index is 13.1. The largest absolute Gasteiger partial charge is 0.490 e. The molecule has 0 unspecified atom stereocenters. The molecule has 1 fully saturated rings. The molecule has 2 aromatic rings. The fourth-order valence-electron chi connectivity index (χ4n) is 4.11. The summed E-state index contributed by atoms with van der Waals surface area (Å²) in [6.45, 7) is 2.55. The second-order valence-corrected chi connectivity index (χ2v) is 11.8. The smallest absolute Gasteiger partial charge is 0.475 e. The number of carboxylic acids is 1. The molecule has 244 valence electrons. The number of rotatable bonds is 13. The highest BCUT2D eigenvalue weighted by atomic mass is 32.2. The van der Waals surface area contributed by atoms with E-state index in [4.69, 9.17) is 9.90 Å². The Balaban J connectivity index is 0.000000860. The second kappa shape index (κ2) is 18.0. The summed E-state index contributed by atoms with van der Waals surface area (Å²) < 4.78 is 68.9. The van der Waals surface area contributed by atoms with Crippen molar-refractivity contribution in [1.29, 1.82) is 0 Å². The van der Waals surface area contributed by atoms with Gasteiger partial charge in [0.15, 0.2) is 0 Å². The Bertz CT molecular complexity index is 1190. The third-order valence-electron chi connectivity index (χ3n) is 6.35. The summed E-state index contributed by atoms with van der Waals surface area (Å²) >= 11 is 2.36. The number of carbonyl (C=O) groups is 4. The number of halogens is 6. The number of Topliss-reactive ketones (excluding diaryl/α,β-unsaturated/α-hetero) is 1. The first-order valence-electron chi connectivity index (χ1n) is 13.5. The van der Waals surface area contributed by atoms with Gasteiger partial charge in [-0.1, -0.05) is 30.3 Å². The van der Waals surface area contributed by atoms with Gasteiger partial charge in [-0.25, -0.2) is 4.79 Å². The number of benzene rings is 1. The minimum atomic E-state index is -5.08. The number of nitrogens with one attached hydrogen (secondary N) is 2. The van der Waals surface area contributed by atoms with Crippen LogP contribution in [0.4, 0.5) is 26.3 Å². The van der Waals surface area contributed by atoms with Gasteiger partial charge in [0.2, 0.25) is 17.6 Å². The number of piperidine rings is 1. The molecule has 0 spiro atoms. The normalized spacial score (nSPS) is 15.0. The predicted molar refractivity (Wildman–Crippen MR) is 154 cm³/mol. The number of thiophene rings is 1. The topological polar surface area (TPSA) is 116 Å². The van der Waals surface area contributed by atoms with Crippen molar-refractivity contribution in [3.8, 4) is 0 Å². The quantitative estimate of drug-likeness (QED) is 0.207. The number of carboxylic acid groups (broad SMARTS) is 1. The Morgan fingerprint density at radius 1 is 0.977 bits per heavy atom. The predicted octanol–water partition coefficient (Wildman–Crippen LogP) is 4.83. The molecule has 2 heterocycles. The number of amides is 2. The van der Waals surface area contributed by atoms with Gasteiger partial charge in [0.1, 0.15) is 6.04 Å². The first-order chi connectivity index (χ1) is 20.6. The average molecular weight is 670 g/mol. The number of aliphatic carboxylic acids is 1. The Morgan fingerprint density at radius 3 is 2.16 bits per heavy atom. The zero-order valence-electron chi connectivity index (χ0n) is 23.5. The van der Waals surface area contributed by atoms with Gasteiger partial charge < -0.3 is 15.7 Å². The van der Waals surface area contributed by atoms with Crippen molar-refractivity contribution in [2.45, 2.75) is 63.1 Å². The van der Waals surface area contributed by atoms with Gasteiger partial charge >= 0.3 is 18.3 Å². The monoisotopic (exact) mass is 669 g/mol. The number of carbonyl (C=O) groups excluding carboxylic acids is 3. The molecule has 0 aliphatic carbocycles. The van der Waals surface area contributed by atoms with E-state index < -0.39 is 35.9 Å². The number of ketones is 1. The van der Waals surface area contributed by atoms with Crippen molar-refractivity contribution in [1.82, 2.24) is 15.5 Å². The lowest BCUT2D eigenvalue weighted by Crippen LogP contribution is -2.52. The van der Waals surface area contributed by atoms with Crippen LogP contribution in [0.25, 0.3) is 0 Å². The SMILES string of the molecule is O=C(Cc1ccsc1)N[C@@H](CCCSCC(=O)C(F)(F)F)C(=O)NC1CCN(Cc2ccccc2)CC1.O=C(O)C(F)(F)F. The van der Waals surface area contributed by atoms with Crippen molar-refractivity contribution >= 4 is 46.7 Å². The highest BCUT2D eigenvalue weighted by molar-refractivity contribution is 7.99. The average Bonchev–Trinajstić information content (AvgIpc) is 3.46. The molecule has 8 nitrogen and oxygen atoms in total. The van der Waals surface area contributed by atoms with Crippen LogP contribution in [-0.4, -0.2) is 82.6 Å². The van der Waals surface area contributed by atoms with E-state index >= 15 is 0 Å². The van der Waals surface area contributed by atoms with Gasteiger partial charge in [0, 0.05) is 25.7 Å². The van der Waals surface area contributed by atoms with E-state index in [1.807, 2.05) is 35.0 Å². The van der Waals surface area contributed by atoms with Gasteiger partial charge in [-0.2, -0.15) is 49.4 Å². The number of hydrogen-bond acceptors (Lipinski definition) is 7. The van der Waals surface area contributed by atoms with Crippen molar-refractivity contribution in [2.24, 2.45) is 0 Å². The molecule has 1 atom stereocenters. The van der Waals surface area contributed by atoms with Crippen LogP contribution in [0.5, 0.6) is 0 Å². The molecular weight excluding hydrogens is 636 g/mol. The summed E-state index contributed by atoms with van der Waals surface area (Å²) in [5.74, 6) is -5.45. The van der Waals surface area contributed by atoms with Crippen LogP contribution in [0, 0.1) is 0 Å². The third kappa shape index (κ3) is 14.6. The van der Waals surface area contributed by atoms with Crippen LogP contribution < -0.4 is 10.6 Å². The molecule has 0 saturated carbocycles. The lowest BCUT2D eigenvalue weighted by atomic mass is 10.0. The van der Waals surface area contributed by atoms with Crippen molar-refractivity contribution < 1.29 is 50.6 Å². The van der Waals surface area contributed by atoms with Crippen LogP contribution >= 0.6 is 23.1 Å². The summed E-state index contributed by atoms with van der Waals surface area (Å²) in [5.41, 5.74) is 2.10. The molecule has 0 radical (unpaired) electrons.